The van der Waals surface area contributed by atoms with Crippen LogP contribution >= 0.6 is 15.9 Å². The number of benzene rings is 1. The Morgan fingerprint density at radius 2 is 2.19 bits per heavy atom. The lowest BCUT2D eigenvalue weighted by Gasteiger charge is -2.19. The topological polar surface area (TPSA) is 95.4 Å². The highest BCUT2D eigenvalue weighted by Gasteiger charge is 2.28. The molecule has 27 heavy (non-hydrogen) atoms. The molecule has 1 aliphatic rings. The molecular formula is C20H21BrN4O2. The number of anilines is 1. The van der Waals surface area contributed by atoms with Gasteiger partial charge in [0.05, 0.1) is 11.0 Å². The van der Waals surface area contributed by atoms with Crippen molar-refractivity contribution in [3.8, 4) is 11.8 Å². The highest BCUT2D eigenvalue weighted by Crippen LogP contribution is 2.25. The van der Waals surface area contributed by atoms with Gasteiger partial charge in [0, 0.05) is 29.9 Å². The molecule has 140 valence electrons. The number of likely N-dealkylation sites (tertiary alicyclic amines) is 1. The van der Waals surface area contributed by atoms with Crippen LogP contribution in [-0.4, -0.2) is 35.8 Å². The molecule has 0 spiro atoms. The molecule has 1 aromatic carbocycles. The van der Waals surface area contributed by atoms with Gasteiger partial charge in [0.1, 0.15) is 5.84 Å². The van der Waals surface area contributed by atoms with Crippen molar-refractivity contribution >= 4 is 33.4 Å². The third-order valence-corrected chi connectivity index (χ3v) is 5.08. The number of nitrogens with zero attached hydrogens (tertiary/aromatic N) is 1. The van der Waals surface area contributed by atoms with Crippen LogP contribution in [0.2, 0.25) is 0 Å². The lowest BCUT2D eigenvalue weighted by molar-refractivity contribution is 0.0714. The molecule has 2 aromatic rings. The van der Waals surface area contributed by atoms with Gasteiger partial charge >= 0.3 is 0 Å². The molecule has 0 saturated carbocycles. The maximum Gasteiger partial charge on any atom is 0.289 e. The van der Waals surface area contributed by atoms with Gasteiger partial charge in [-0.1, -0.05) is 5.92 Å². The predicted octanol–water partition coefficient (Wildman–Crippen LogP) is 3.41. The molecule has 1 aliphatic heterocycles. The lowest BCUT2D eigenvalue weighted by Crippen LogP contribution is -2.33. The number of nitrogens with one attached hydrogen (secondary N) is 2. The van der Waals surface area contributed by atoms with Gasteiger partial charge in [-0.15, -0.1) is 0 Å². The molecule has 0 aliphatic carbocycles. The summed E-state index contributed by atoms with van der Waals surface area (Å²) in [5.41, 5.74) is 6.99. The molecule has 4 N–H and O–H groups in total. The highest BCUT2D eigenvalue weighted by atomic mass is 79.9. The number of halogens is 1. The van der Waals surface area contributed by atoms with Crippen LogP contribution in [0.25, 0.3) is 0 Å². The SMILES string of the molecule is CC1CCCN1C(=O)c1cc(Br)c(C#CCNc2ccc(C(=N)N)cc2)o1. The van der Waals surface area contributed by atoms with Crippen molar-refractivity contribution in [1.82, 2.24) is 4.90 Å². The van der Waals surface area contributed by atoms with Crippen molar-refractivity contribution < 1.29 is 9.21 Å². The Labute approximate surface area is 166 Å². The first-order valence-electron chi connectivity index (χ1n) is 8.73. The molecule has 1 fully saturated rings. The average Bonchev–Trinajstić information content (AvgIpc) is 3.24. The van der Waals surface area contributed by atoms with E-state index in [2.05, 4.69) is 40.0 Å². The first-order chi connectivity index (χ1) is 13.0. The van der Waals surface area contributed by atoms with Gasteiger partial charge in [-0.25, -0.2) is 0 Å². The Bertz CT molecular complexity index is 908. The highest BCUT2D eigenvalue weighted by molar-refractivity contribution is 9.10. The number of furan rings is 1. The summed E-state index contributed by atoms with van der Waals surface area (Å²) < 4.78 is 6.33. The monoisotopic (exact) mass is 428 g/mol. The van der Waals surface area contributed by atoms with Crippen LogP contribution in [0, 0.1) is 17.3 Å². The van der Waals surface area contributed by atoms with Crippen molar-refractivity contribution in [2.75, 3.05) is 18.4 Å². The molecule has 1 saturated heterocycles. The number of rotatable bonds is 4. The van der Waals surface area contributed by atoms with Crippen molar-refractivity contribution in [2.45, 2.75) is 25.8 Å². The predicted molar refractivity (Wildman–Crippen MR) is 109 cm³/mol. The van der Waals surface area contributed by atoms with Gasteiger partial charge in [0.2, 0.25) is 0 Å². The van der Waals surface area contributed by atoms with Gasteiger partial charge in [0.15, 0.2) is 11.5 Å². The summed E-state index contributed by atoms with van der Waals surface area (Å²) in [5, 5.41) is 10.5. The third-order valence-electron chi connectivity index (χ3n) is 4.49. The second-order valence-electron chi connectivity index (χ2n) is 6.42. The molecule has 1 amide bonds. The fraction of sp³-hybridized carbons (Fsp3) is 0.300. The minimum absolute atomic E-state index is 0.0395. The summed E-state index contributed by atoms with van der Waals surface area (Å²) in [6.07, 6.45) is 2.06. The van der Waals surface area contributed by atoms with Crippen molar-refractivity contribution in [1.29, 1.82) is 5.41 Å². The fourth-order valence-electron chi connectivity index (χ4n) is 2.97. The van der Waals surface area contributed by atoms with Gasteiger partial charge in [0.25, 0.3) is 5.91 Å². The molecule has 1 unspecified atom stereocenters. The molecule has 1 aromatic heterocycles. The Balaban J connectivity index is 1.61. The number of carbonyl (C=O) groups is 1. The standard InChI is InChI=1S/C20H21BrN4O2/c1-13-4-3-11-25(13)20(26)18-12-16(21)17(27-18)5-2-10-24-15-8-6-14(7-9-15)19(22)23/h6-9,12-13,24H,3-4,10-11H2,1H3,(H3,22,23). The van der Waals surface area contributed by atoms with Crippen LogP contribution in [0.4, 0.5) is 5.69 Å². The smallest absolute Gasteiger partial charge is 0.289 e. The Kier molecular flexibility index (Phi) is 5.87. The van der Waals surface area contributed by atoms with E-state index in [4.69, 9.17) is 15.6 Å². The number of hydrogen-bond acceptors (Lipinski definition) is 4. The first-order valence-corrected chi connectivity index (χ1v) is 9.52. The van der Waals surface area contributed by atoms with E-state index in [1.165, 1.54) is 0 Å². The molecule has 3 rings (SSSR count). The summed E-state index contributed by atoms with van der Waals surface area (Å²) in [6, 6.07) is 9.17. The number of amidine groups is 1. The van der Waals surface area contributed by atoms with E-state index in [1.54, 1.807) is 18.2 Å². The minimum atomic E-state index is -0.0857. The van der Waals surface area contributed by atoms with Crippen LogP contribution < -0.4 is 11.1 Å². The number of amides is 1. The largest absolute Gasteiger partial charge is 0.441 e. The average molecular weight is 429 g/mol. The zero-order chi connectivity index (χ0) is 19.4. The van der Waals surface area contributed by atoms with E-state index in [0.29, 0.717) is 28.1 Å². The molecule has 7 heteroatoms. The molecule has 6 nitrogen and oxygen atoms in total. The van der Waals surface area contributed by atoms with E-state index in [-0.39, 0.29) is 17.8 Å². The van der Waals surface area contributed by atoms with Gasteiger partial charge < -0.3 is 20.4 Å². The van der Waals surface area contributed by atoms with Gasteiger partial charge in [-0.05, 0) is 65.9 Å². The van der Waals surface area contributed by atoms with Crippen molar-refractivity contribution in [3.63, 3.8) is 0 Å². The van der Waals surface area contributed by atoms with Gasteiger partial charge in [-0.2, -0.15) is 0 Å². The van der Waals surface area contributed by atoms with Crippen LogP contribution in [0.3, 0.4) is 0 Å². The van der Waals surface area contributed by atoms with Crippen LogP contribution in [0.15, 0.2) is 39.2 Å². The molecule has 2 heterocycles. The summed E-state index contributed by atoms with van der Waals surface area (Å²) >= 11 is 3.41. The van der Waals surface area contributed by atoms with E-state index in [0.717, 1.165) is 25.1 Å². The Morgan fingerprint density at radius 1 is 1.44 bits per heavy atom. The summed E-state index contributed by atoms with van der Waals surface area (Å²) in [7, 11) is 0. The fourth-order valence-corrected chi connectivity index (χ4v) is 3.36. The maximum atomic E-state index is 12.5. The van der Waals surface area contributed by atoms with Crippen LogP contribution in [-0.2, 0) is 0 Å². The summed E-state index contributed by atoms with van der Waals surface area (Å²) in [4.78, 5) is 14.4. The molecule has 0 radical (unpaired) electrons. The first kappa shape index (κ1) is 19.1. The van der Waals surface area contributed by atoms with Crippen LogP contribution in [0.1, 0.15) is 41.6 Å². The number of nitrogen functional groups attached to an aromatic ring is 1. The van der Waals surface area contributed by atoms with Crippen LogP contribution in [0.5, 0.6) is 0 Å². The Morgan fingerprint density at radius 3 is 2.81 bits per heavy atom. The van der Waals surface area contributed by atoms with Gasteiger partial charge in [-0.3, -0.25) is 10.2 Å². The molecular weight excluding hydrogens is 408 g/mol. The molecule has 1 atom stereocenters. The molecule has 0 bridgehead atoms. The van der Waals surface area contributed by atoms with Crippen molar-refractivity contribution in [3.05, 3.63) is 51.9 Å². The second kappa shape index (κ2) is 8.31. The normalized spacial score (nSPS) is 15.9. The second-order valence-corrected chi connectivity index (χ2v) is 7.28. The van der Waals surface area contributed by atoms with E-state index >= 15 is 0 Å². The third kappa shape index (κ3) is 4.52. The minimum Gasteiger partial charge on any atom is -0.441 e. The Hall–Kier alpha value is -2.72. The van der Waals surface area contributed by atoms with Crippen molar-refractivity contribution in [2.24, 2.45) is 5.73 Å². The zero-order valence-electron chi connectivity index (χ0n) is 15.0. The van der Waals surface area contributed by atoms with E-state index in [9.17, 15) is 4.79 Å². The lowest BCUT2D eigenvalue weighted by atomic mass is 10.2. The zero-order valence-corrected chi connectivity index (χ0v) is 16.6. The van der Waals surface area contributed by atoms with E-state index in [1.807, 2.05) is 17.0 Å². The number of hydrogen-bond donors (Lipinski definition) is 3. The van der Waals surface area contributed by atoms with E-state index < -0.39 is 0 Å². The summed E-state index contributed by atoms with van der Waals surface area (Å²) in [5.74, 6) is 6.63. The number of carbonyl (C=O) groups excluding carboxylic acids is 1. The summed E-state index contributed by atoms with van der Waals surface area (Å²) in [6.45, 7) is 3.24. The quantitative estimate of drug-likeness (QED) is 0.394. The maximum absolute atomic E-state index is 12.5. The number of nitrogens with two attached hydrogens (primary N) is 1.